The van der Waals surface area contributed by atoms with E-state index < -0.39 is 11.9 Å². The monoisotopic (exact) mass is 391 g/mol. The maximum absolute atomic E-state index is 12.5. The Kier molecular flexibility index (Phi) is 6.61. The average Bonchev–Trinajstić information content (AvgIpc) is 2.78. The van der Waals surface area contributed by atoms with Crippen LogP contribution in [0.15, 0.2) is 54.1 Å². The Labute approximate surface area is 169 Å². The molecule has 0 aromatic heterocycles. The van der Waals surface area contributed by atoms with Crippen LogP contribution in [-0.4, -0.2) is 45.3 Å². The van der Waals surface area contributed by atoms with E-state index >= 15 is 0 Å². The molecule has 2 aromatic rings. The van der Waals surface area contributed by atoms with Gasteiger partial charge in [-0.1, -0.05) is 12.1 Å². The molecule has 0 radical (unpaired) electrons. The van der Waals surface area contributed by atoms with E-state index in [1.165, 1.54) is 13.2 Å². The number of carbonyl (C=O) groups is 2. The average molecular weight is 391 g/mol. The highest BCUT2D eigenvalue weighted by Gasteiger charge is 2.13. The van der Waals surface area contributed by atoms with Crippen LogP contribution in [-0.2, 0) is 14.3 Å². The number of amides is 1. The van der Waals surface area contributed by atoms with Gasteiger partial charge in [0.25, 0.3) is 5.91 Å². The summed E-state index contributed by atoms with van der Waals surface area (Å²) >= 11 is 0. The van der Waals surface area contributed by atoms with Gasteiger partial charge in [0.1, 0.15) is 11.6 Å². The summed E-state index contributed by atoms with van der Waals surface area (Å²) in [5, 5.41) is 12.1. The molecule has 1 amide bonds. The number of rotatable bonds is 5. The fourth-order valence-electron chi connectivity index (χ4n) is 2.92. The second-order valence-electron chi connectivity index (χ2n) is 6.38. The Morgan fingerprint density at radius 3 is 2.34 bits per heavy atom. The standard InChI is InChI=1S/C22H21N3O4/c1-28-22(27)17-4-2-16(3-5-17)14-18(15-23)21(26)24-19-6-8-20(9-7-19)25-10-12-29-13-11-25/h2-9,14H,10-13H2,1H3,(H,24,26)/b18-14+. The predicted octanol–water partition coefficient (Wildman–Crippen LogP) is 2.86. The third-order valence-electron chi connectivity index (χ3n) is 4.51. The molecule has 0 spiro atoms. The van der Waals surface area contributed by atoms with Crippen molar-refractivity contribution in [2.45, 2.75) is 0 Å². The third-order valence-corrected chi connectivity index (χ3v) is 4.51. The topological polar surface area (TPSA) is 91.7 Å². The van der Waals surface area contributed by atoms with Crippen molar-refractivity contribution in [1.82, 2.24) is 0 Å². The van der Waals surface area contributed by atoms with Crippen molar-refractivity contribution in [3.8, 4) is 6.07 Å². The molecule has 1 saturated heterocycles. The van der Waals surface area contributed by atoms with E-state index in [1.807, 2.05) is 30.3 Å². The summed E-state index contributed by atoms with van der Waals surface area (Å²) in [5.41, 5.74) is 2.66. The molecule has 1 fully saturated rings. The number of methoxy groups -OCH3 is 1. The number of ether oxygens (including phenoxy) is 2. The van der Waals surface area contributed by atoms with Crippen LogP contribution >= 0.6 is 0 Å². The van der Waals surface area contributed by atoms with E-state index in [1.54, 1.807) is 24.3 Å². The van der Waals surface area contributed by atoms with E-state index in [2.05, 4.69) is 15.0 Å². The Balaban J connectivity index is 1.67. The molecular formula is C22H21N3O4. The predicted molar refractivity (Wildman–Crippen MR) is 109 cm³/mol. The molecule has 29 heavy (non-hydrogen) atoms. The number of carbonyl (C=O) groups excluding carboxylic acids is 2. The maximum atomic E-state index is 12.5. The zero-order valence-electron chi connectivity index (χ0n) is 16.1. The minimum absolute atomic E-state index is 0.0342. The van der Waals surface area contributed by atoms with Crippen molar-refractivity contribution in [1.29, 1.82) is 5.26 Å². The van der Waals surface area contributed by atoms with Crippen molar-refractivity contribution in [3.05, 3.63) is 65.2 Å². The quantitative estimate of drug-likeness (QED) is 0.479. The number of esters is 1. The van der Waals surface area contributed by atoms with Gasteiger partial charge in [-0.15, -0.1) is 0 Å². The molecule has 1 N–H and O–H groups in total. The summed E-state index contributed by atoms with van der Waals surface area (Å²) in [4.78, 5) is 26.1. The molecule has 148 valence electrons. The SMILES string of the molecule is COC(=O)c1ccc(/C=C(\C#N)C(=O)Nc2ccc(N3CCOCC3)cc2)cc1. The van der Waals surface area contributed by atoms with Gasteiger partial charge < -0.3 is 19.7 Å². The lowest BCUT2D eigenvalue weighted by Gasteiger charge is -2.28. The summed E-state index contributed by atoms with van der Waals surface area (Å²) in [6.07, 6.45) is 1.47. The van der Waals surface area contributed by atoms with Crippen LogP contribution in [0.2, 0.25) is 0 Å². The third kappa shape index (κ3) is 5.21. The normalized spacial score (nSPS) is 14.1. The first-order valence-electron chi connectivity index (χ1n) is 9.15. The van der Waals surface area contributed by atoms with E-state index in [0.717, 1.165) is 18.8 Å². The number of hydrogen-bond donors (Lipinski definition) is 1. The van der Waals surface area contributed by atoms with Crippen LogP contribution < -0.4 is 10.2 Å². The number of nitrogens with one attached hydrogen (secondary N) is 1. The van der Waals surface area contributed by atoms with E-state index in [-0.39, 0.29) is 5.57 Å². The Hall–Kier alpha value is -3.63. The lowest BCUT2D eigenvalue weighted by Crippen LogP contribution is -2.36. The van der Waals surface area contributed by atoms with Gasteiger partial charge in [0.15, 0.2) is 0 Å². The van der Waals surface area contributed by atoms with Crippen LogP contribution in [0.25, 0.3) is 6.08 Å². The van der Waals surface area contributed by atoms with Crippen LogP contribution in [0.1, 0.15) is 15.9 Å². The summed E-state index contributed by atoms with van der Waals surface area (Å²) in [7, 11) is 1.31. The van der Waals surface area contributed by atoms with E-state index in [4.69, 9.17) is 4.74 Å². The molecular weight excluding hydrogens is 370 g/mol. The van der Waals surface area contributed by atoms with Gasteiger partial charge in [-0.2, -0.15) is 5.26 Å². The van der Waals surface area contributed by atoms with Crippen molar-refractivity contribution in [3.63, 3.8) is 0 Å². The minimum atomic E-state index is -0.497. The number of anilines is 2. The van der Waals surface area contributed by atoms with Crippen molar-refractivity contribution >= 4 is 29.3 Å². The highest BCUT2D eigenvalue weighted by Crippen LogP contribution is 2.20. The highest BCUT2D eigenvalue weighted by atomic mass is 16.5. The number of morpholine rings is 1. The molecule has 0 atom stereocenters. The first-order chi connectivity index (χ1) is 14.1. The van der Waals surface area contributed by atoms with Crippen LogP contribution in [0, 0.1) is 11.3 Å². The fraction of sp³-hybridized carbons (Fsp3) is 0.227. The number of nitrogens with zero attached hydrogens (tertiary/aromatic N) is 2. The smallest absolute Gasteiger partial charge is 0.337 e. The number of nitriles is 1. The summed E-state index contributed by atoms with van der Waals surface area (Å²) < 4.78 is 10.0. The molecule has 1 aliphatic rings. The van der Waals surface area contributed by atoms with Gasteiger partial charge >= 0.3 is 5.97 Å². The maximum Gasteiger partial charge on any atom is 0.337 e. The highest BCUT2D eigenvalue weighted by molar-refractivity contribution is 6.09. The Morgan fingerprint density at radius 1 is 1.10 bits per heavy atom. The molecule has 7 heteroatoms. The van der Waals surface area contributed by atoms with Crippen molar-refractivity contribution in [2.24, 2.45) is 0 Å². The Bertz CT molecular complexity index is 938. The lowest BCUT2D eigenvalue weighted by molar-refractivity contribution is -0.112. The molecule has 0 aliphatic carbocycles. The summed E-state index contributed by atoms with van der Waals surface area (Å²) in [6.45, 7) is 3.08. The second kappa shape index (κ2) is 9.53. The molecule has 2 aromatic carbocycles. The van der Waals surface area contributed by atoms with Gasteiger partial charge in [-0.3, -0.25) is 4.79 Å². The second-order valence-corrected chi connectivity index (χ2v) is 6.38. The molecule has 7 nitrogen and oxygen atoms in total. The van der Waals surface area contributed by atoms with Crippen molar-refractivity contribution < 1.29 is 19.1 Å². The van der Waals surface area contributed by atoms with Crippen molar-refractivity contribution in [2.75, 3.05) is 43.6 Å². The van der Waals surface area contributed by atoms with Crippen LogP contribution in [0.5, 0.6) is 0 Å². The van der Waals surface area contributed by atoms with Gasteiger partial charge in [0, 0.05) is 24.5 Å². The molecule has 0 saturated carbocycles. The molecule has 0 bridgehead atoms. The summed E-state index contributed by atoms with van der Waals surface area (Å²) in [6, 6.07) is 15.9. The first kappa shape index (κ1) is 20.1. The number of benzene rings is 2. The first-order valence-corrected chi connectivity index (χ1v) is 9.15. The minimum Gasteiger partial charge on any atom is -0.465 e. The molecule has 3 rings (SSSR count). The largest absolute Gasteiger partial charge is 0.465 e. The number of hydrogen-bond acceptors (Lipinski definition) is 6. The zero-order valence-corrected chi connectivity index (χ0v) is 16.1. The van der Waals surface area contributed by atoms with Crippen LogP contribution in [0.4, 0.5) is 11.4 Å². The van der Waals surface area contributed by atoms with Gasteiger partial charge in [-0.25, -0.2) is 4.79 Å². The molecule has 0 unspecified atom stereocenters. The lowest BCUT2D eigenvalue weighted by atomic mass is 10.1. The Morgan fingerprint density at radius 2 is 1.76 bits per heavy atom. The van der Waals surface area contributed by atoms with E-state index in [0.29, 0.717) is 30.0 Å². The summed E-state index contributed by atoms with van der Waals surface area (Å²) in [5.74, 6) is -0.942. The molecule has 1 aliphatic heterocycles. The van der Waals surface area contributed by atoms with Crippen LogP contribution in [0.3, 0.4) is 0 Å². The van der Waals surface area contributed by atoms with Gasteiger partial charge in [-0.05, 0) is 48.0 Å². The van der Waals surface area contributed by atoms with E-state index in [9.17, 15) is 14.9 Å². The molecule has 1 heterocycles. The zero-order chi connectivity index (χ0) is 20.6. The van der Waals surface area contributed by atoms with Gasteiger partial charge in [0.05, 0.1) is 25.9 Å². The fourth-order valence-corrected chi connectivity index (χ4v) is 2.92. The van der Waals surface area contributed by atoms with Gasteiger partial charge in [0.2, 0.25) is 0 Å².